The van der Waals surface area contributed by atoms with Gasteiger partial charge in [-0.15, -0.1) is 0 Å². The first-order valence-electron chi connectivity index (χ1n) is 10.3. The molecule has 156 valence electrons. The van der Waals surface area contributed by atoms with Crippen LogP contribution < -0.4 is 11.0 Å². The molecular formula is C26H12N8. The van der Waals surface area contributed by atoms with E-state index in [0.29, 0.717) is 16.5 Å². The van der Waals surface area contributed by atoms with Crippen LogP contribution in [0.5, 0.6) is 0 Å². The van der Waals surface area contributed by atoms with Crippen molar-refractivity contribution in [1.82, 2.24) is 19.1 Å². The smallest absolute Gasteiger partial charge is 0.303 e. The van der Waals surface area contributed by atoms with Crippen molar-refractivity contribution in [3.63, 3.8) is 0 Å². The molecule has 0 fully saturated rings. The molecular weight excluding hydrogens is 424 g/mol. The molecule has 0 spiro atoms. The summed E-state index contributed by atoms with van der Waals surface area (Å²) in [6, 6.07) is 17.9. The monoisotopic (exact) mass is 436 g/mol. The SMILES string of the molecule is [C-]#[N+]/C(C#N)=c1\nc2cc3ccc4cc5nc(=C(C#N)C#N)n(C)c5c5ccc(c3c45)c2n1C. The number of fused-ring (bicyclic) bond motifs is 4. The van der Waals surface area contributed by atoms with Crippen molar-refractivity contribution in [3.05, 3.63) is 58.8 Å². The Morgan fingerprint density at radius 3 is 1.76 bits per heavy atom. The Morgan fingerprint density at radius 2 is 1.29 bits per heavy atom. The van der Waals surface area contributed by atoms with Crippen LogP contribution >= 0.6 is 0 Å². The average Bonchev–Trinajstić information content (AvgIpc) is 3.35. The number of aryl methyl sites for hydroxylation is 2. The first kappa shape index (κ1) is 19.3. The van der Waals surface area contributed by atoms with Crippen molar-refractivity contribution in [2.75, 3.05) is 0 Å². The first-order chi connectivity index (χ1) is 16.5. The van der Waals surface area contributed by atoms with Crippen molar-refractivity contribution in [2.45, 2.75) is 0 Å². The fraction of sp³-hybridized carbons (Fsp3) is 0.0769. The Balaban J connectivity index is 1.89. The number of nitriles is 3. The summed E-state index contributed by atoms with van der Waals surface area (Å²) >= 11 is 0. The van der Waals surface area contributed by atoms with Crippen molar-refractivity contribution in [1.29, 1.82) is 15.8 Å². The zero-order chi connectivity index (χ0) is 23.7. The summed E-state index contributed by atoms with van der Waals surface area (Å²) < 4.78 is 3.60. The van der Waals surface area contributed by atoms with Crippen LogP contribution in [0.3, 0.4) is 0 Å². The molecule has 0 amide bonds. The lowest BCUT2D eigenvalue weighted by atomic mass is 9.92. The maximum atomic E-state index is 9.38. The van der Waals surface area contributed by atoms with E-state index in [4.69, 9.17) is 6.57 Å². The van der Waals surface area contributed by atoms with E-state index in [2.05, 4.69) is 14.8 Å². The van der Waals surface area contributed by atoms with E-state index in [1.165, 1.54) is 0 Å². The molecule has 0 N–H and O–H groups in total. The Labute approximate surface area is 191 Å². The van der Waals surface area contributed by atoms with Gasteiger partial charge in [0.25, 0.3) is 0 Å². The van der Waals surface area contributed by atoms with E-state index in [-0.39, 0.29) is 11.3 Å². The predicted octanol–water partition coefficient (Wildman–Crippen LogP) is 3.11. The summed E-state index contributed by atoms with van der Waals surface area (Å²) in [5, 5.41) is 34.1. The summed E-state index contributed by atoms with van der Waals surface area (Å²) in [5.41, 5.74) is 3.73. The Kier molecular flexibility index (Phi) is 3.70. The van der Waals surface area contributed by atoms with Crippen LogP contribution in [0.2, 0.25) is 0 Å². The molecule has 2 aromatic heterocycles. The Hall–Kier alpha value is -5.44. The summed E-state index contributed by atoms with van der Waals surface area (Å²) in [5.74, 6) is 0. The number of rotatable bonds is 0. The summed E-state index contributed by atoms with van der Waals surface area (Å²) in [7, 11) is 3.63. The third kappa shape index (κ3) is 2.21. The minimum absolute atomic E-state index is 0.0335. The maximum Gasteiger partial charge on any atom is 0.303 e. The van der Waals surface area contributed by atoms with Gasteiger partial charge in [-0.2, -0.15) is 10.5 Å². The molecule has 0 aliphatic heterocycles. The highest BCUT2D eigenvalue weighted by Crippen LogP contribution is 2.40. The van der Waals surface area contributed by atoms with Gasteiger partial charge < -0.3 is 9.13 Å². The molecule has 0 aliphatic carbocycles. The van der Waals surface area contributed by atoms with Gasteiger partial charge in [0.15, 0.2) is 11.1 Å². The molecule has 0 radical (unpaired) electrons. The molecule has 6 rings (SSSR count). The fourth-order valence-electron chi connectivity index (χ4n) is 5.04. The minimum Gasteiger partial charge on any atom is -0.335 e. The van der Waals surface area contributed by atoms with Gasteiger partial charge in [0.2, 0.25) is 0 Å². The van der Waals surface area contributed by atoms with E-state index in [1.54, 1.807) is 9.13 Å². The zero-order valence-electron chi connectivity index (χ0n) is 18.0. The minimum atomic E-state index is -0.0496. The number of imidazole rings is 2. The zero-order valence-corrected chi connectivity index (χ0v) is 18.0. The fourth-order valence-corrected chi connectivity index (χ4v) is 5.04. The third-order valence-electron chi connectivity index (χ3n) is 6.44. The lowest BCUT2D eigenvalue weighted by Gasteiger charge is -2.13. The largest absolute Gasteiger partial charge is 0.335 e. The molecule has 0 unspecified atom stereocenters. The van der Waals surface area contributed by atoms with Crippen molar-refractivity contribution in [2.24, 2.45) is 14.1 Å². The second-order valence-electron chi connectivity index (χ2n) is 8.07. The van der Waals surface area contributed by atoms with Gasteiger partial charge in [-0.1, -0.05) is 24.3 Å². The van der Waals surface area contributed by atoms with Crippen LogP contribution in [-0.2, 0) is 14.1 Å². The topological polar surface area (TPSA) is 111 Å². The third-order valence-corrected chi connectivity index (χ3v) is 6.44. The standard InChI is InChI=1S/C26H12N8/c1-30-20(12-29)26-32-19-9-14-5-4-13-8-18-23(33(2)25(31-18)15(10-27)11-28)16-6-7-17(22(14)21(13)16)24(19)34(26)3/h4-9H,2-3H3/b26-20+. The quantitative estimate of drug-likeness (QED) is 0.268. The van der Waals surface area contributed by atoms with Crippen LogP contribution in [0.4, 0.5) is 0 Å². The second-order valence-corrected chi connectivity index (χ2v) is 8.07. The number of hydrogen-bond donors (Lipinski definition) is 0. The van der Waals surface area contributed by atoms with Crippen molar-refractivity contribution >= 4 is 65.7 Å². The number of aromatic nitrogens is 4. The van der Waals surface area contributed by atoms with Crippen LogP contribution in [0, 0.1) is 40.6 Å². The van der Waals surface area contributed by atoms with Gasteiger partial charge in [-0.05, 0) is 33.7 Å². The average molecular weight is 436 g/mol. The number of benzene rings is 4. The van der Waals surface area contributed by atoms with Gasteiger partial charge >= 0.3 is 5.70 Å². The van der Waals surface area contributed by atoms with E-state index in [0.717, 1.165) is 48.9 Å². The molecule has 6 aromatic rings. The molecule has 0 saturated carbocycles. The van der Waals surface area contributed by atoms with Gasteiger partial charge in [0.1, 0.15) is 17.6 Å². The van der Waals surface area contributed by atoms with Crippen LogP contribution in [0.15, 0.2) is 36.4 Å². The van der Waals surface area contributed by atoms with E-state index in [1.807, 2.05) is 68.7 Å². The molecule has 0 atom stereocenters. The normalized spacial score (nSPS) is 12.2. The van der Waals surface area contributed by atoms with E-state index < -0.39 is 0 Å². The Bertz CT molecular complexity index is 1990. The summed E-state index contributed by atoms with van der Waals surface area (Å²) in [6.45, 7) is 7.33. The van der Waals surface area contributed by atoms with Crippen LogP contribution in [0.1, 0.15) is 0 Å². The highest BCUT2D eigenvalue weighted by atomic mass is 15.1. The molecule has 2 heterocycles. The molecule has 4 aromatic carbocycles. The second kappa shape index (κ2) is 6.53. The van der Waals surface area contributed by atoms with Crippen molar-refractivity contribution < 1.29 is 0 Å². The molecule has 0 saturated heterocycles. The molecule has 34 heavy (non-hydrogen) atoms. The maximum absolute atomic E-state index is 9.38. The lowest BCUT2D eigenvalue weighted by molar-refractivity contribution is 0.898. The van der Waals surface area contributed by atoms with E-state index >= 15 is 0 Å². The van der Waals surface area contributed by atoms with Crippen molar-refractivity contribution in [3.8, 4) is 18.2 Å². The number of hydrogen-bond acceptors (Lipinski definition) is 5. The summed E-state index contributed by atoms with van der Waals surface area (Å²) in [6.07, 6.45) is 0. The number of nitrogens with zero attached hydrogens (tertiary/aromatic N) is 8. The van der Waals surface area contributed by atoms with Gasteiger partial charge in [-0.25, -0.2) is 20.1 Å². The summed E-state index contributed by atoms with van der Waals surface area (Å²) in [4.78, 5) is 12.5. The molecule has 8 nitrogen and oxygen atoms in total. The van der Waals surface area contributed by atoms with Gasteiger partial charge in [0.05, 0.1) is 34.7 Å². The molecule has 0 aliphatic rings. The van der Waals surface area contributed by atoms with E-state index in [9.17, 15) is 15.8 Å². The van der Waals surface area contributed by atoms with Gasteiger partial charge in [-0.3, -0.25) is 0 Å². The highest BCUT2D eigenvalue weighted by molar-refractivity contribution is 6.31. The highest BCUT2D eigenvalue weighted by Gasteiger charge is 2.19. The molecule has 8 heteroatoms. The predicted molar refractivity (Wildman–Crippen MR) is 128 cm³/mol. The lowest BCUT2D eigenvalue weighted by Crippen LogP contribution is -2.17. The van der Waals surface area contributed by atoms with Gasteiger partial charge in [0, 0.05) is 24.9 Å². The first-order valence-corrected chi connectivity index (χ1v) is 10.3. The Morgan fingerprint density at radius 1 is 0.794 bits per heavy atom. The molecule has 0 bridgehead atoms. The van der Waals surface area contributed by atoms with Crippen LogP contribution in [-0.4, -0.2) is 19.1 Å². The van der Waals surface area contributed by atoms with Crippen LogP contribution in [0.25, 0.3) is 70.5 Å².